The van der Waals surface area contributed by atoms with Gasteiger partial charge < -0.3 is 9.47 Å². The van der Waals surface area contributed by atoms with Gasteiger partial charge in [-0.25, -0.2) is 0 Å². The zero-order chi connectivity index (χ0) is 27.8. The van der Waals surface area contributed by atoms with Gasteiger partial charge in [-0.2, -0.15) is 26.3 Å². The number of halogens is 6. The maximum absolute atomic E-state index is 15.6. The summed E-state index contributed by atoms with van der Waals surface area (Å²) in [5.74, 6) is -16.0. The molecule has 0 aromatic heterocycles. The van der Waals surface area contributed by atoms with Crippen molar-refractivity contribution in [1.29, 1.82) is 0 Å². The lowest BCUT2D eigenvalue weighted by Crippen LogP contribution is -2.56. The Bertz CT molecular complexity index is 1360. The van der Waals surface area contributed by atoms with E-state index in [1.54, 1.807) is 74.5 Å². The Labute approximate surface area is 229 Å². The van der Waals surface area contributed by atoms with E-state index < -0.39 is 49.9 Å². The molecule has 2 nitrogen and oxygen atoms in total. The highest BCUT2D eigenvalue weighted by molar-refractivity contribution is 8.14. The molecule has 6 rings (SSSR count). The third-order valence-electron chi connectivity index (χ3n) is 7.22. The average molecular weight is 581 g/mol. The van der Waals surface area contributed by atoms with E-state index in [0.717, 1.165) is 23.5 Å². The van der Waals surface area contributed by atoms with Gasteiger partial charge in [0.05, 0.1) is 0 Å². The van der Waals surface area contributed by atoms with Crippen LogP contribution >= 0.6 is 23.5 Å². The SMILES string of the molecule is CCOC12SC(c3ccccc3)=CC1=C1C(=C3C=C(c4ccccc4)SC32OCC)C(F)(F)C(F)(F)C1(F)F. The summed E-state index contributed by atoms with van der Waals surface area (Å²) >= 11 is 2.05. The molecule has 2 atom stereocenters. The summed E-state index contributed by atoms with van der Waals surface area (Å²) in [4.78, 5) is -2.85. The third-order valence-corrected chi connectivity index (χ3v) is 10.3. The quantitative estimate of drug-likeness (QED) is 0.319. The highest BCUT2D eigenvalue weighted by atomic mass is 32.2. The van der Waals surface area contributed by atoms with Gasteiger partial charge in [0.15, 0.2) is 9.87 Å². The molecule has 204 valence electrons. The zero-order valence-electron chi connectivity index (χ0n) is 20.7. The summed E-state index contributed by atoms with van der Waals surface area (Å²) in [6.45, 7) is 3.24. The predicted octanol–water partition coefficient (Wildman–Crippen LogP) is 8.55. The first kappa shape index (κ1) is 26.8. The molecule has 1 fully saturated rings. The molecule has 2 heterocycles. The van der Waals surface area contributed by atoms with Crippen LogP contribution in [0.15, 0.2) is 95.1 Å². The minimum atomic E-state index is -5.66. The molecule has 2 aliphatic heterocycles. The Morgan fingerprint density at radius 3 is 1.28 bits per heavy atom. The molecule has 39 heavy (non-hydrogen) atoms. The molecule has 2 aliphatic carbocycles. The van der Waals surface area contributed by atoms with Gasteiger partial charge >= 0.3 is 17.8 Å². The van der Waals surface area contributed by atoms with E-state index in [1.165, 1.54) is 12.2 Å². The molecule has 0 N–H and O–H groups in total. The molecule has 2 unspecified atom stereocenters. The Morgan fingerprint density at radius 1 is 0.590 bits per heavy atom. The van der Waals surface area contributed by atoms with Gasteiger partial charge in [-0.3, -0.25) is 0 Å². The first-order valence-electron chi connectivity index (χ1n) is 12.3. The number of fused-ring (bicyclic) bond motifs is 4. The molecular weight excluding hydrogens is 558 g/mol. The van der Waals surface area contributed by atoms with Crippen molar-refractivity contribution in [3.63, 3.8) is 0 Å². The monoisotopic (exact) mass is 580 g/mol. The molecular formula is C29H22F6O2S2. The van der Waals surface area contributed by atoms with Crippen molar-refractivity contribution in [2.75, 3.05) is 13.2 Å². The van der Waals surface area contributed by atoms with E-state index in [-0.39, 0.29) is 13.2 Å². The summed E-state index contributed by atoms with van der Waals surface area (Å²) in [7, 11) is 0. The second-order valence-electron chi connectivity index (χ2n) is 9.35. The number of hydrogen-bond donors (Lipinski definition) is 0. The lowest BCUT2D eigenvalue weighted by atomic mass is 9.80. The fourth-order valence-electron chi connectivity index (χ4n) is 5.63. The van der Waals surface area contributed by atoms with Gasteiger partial charge in [-0.05, 0) is 37.1 Å². The summed E-state index contributed by atoms with van der Waals surface area (Å²) in [5.41, 5.74) is -2.40. The van der Waals surface area contributed by atoms with Crippen LogP contribution in [0.25, 0.3) is 9.81 Å². The normalized spacial score (nSPS) is 29.6. The highest BCUT2D eigenvalue weighted by Crippen LogP contribution is 2.76. The van der Waals surface area contributed by atoms with Crippen LogP contribution in [0.3, 0.4) is 0 Å². The molecule has 0 radical (unpaired) electrons. The van der Waals surface area contributed by atoms with Crippen LogP contribution < -0.4 is 0 Å². The number of allylic oxidation sites excluding steroid dienone is 2. The van der Waals surface area contributed by atoms with Crippen LogP contribution in [0.1, 0.15) is 25.0 Å². The molecule has 0 amide bonds. The smallest absolute Gasteiger partial charge is 0.355 e. The average Bonchev–Trinajstić information content (AvgIpc) is 3.52. The van der Waals surface area contributed by atoms with Crippen LogP contribution in [0, 0.1) is 0 Å². The number of benzene rings is 2. The van der Waals surface area contributed by atoms with Gasteiger partial charge in [0.2, 0.25) is 0 Å². The van der Waals surface area contributed by atoms with E-state index in [4.69, 9.17) is 9.47 Å². The Kier molecular flexibility index (Phi) is 6.05. The largest absolute Gasteiger partial charge is 0.380 e. The van der Waals surface area contributed by atoms with Gasteiger partial charge in [0.25, 0.3) is 0 Å². The molecule has 0 saturated heterocycles. The maximum Gasteiger partial charge on any atom is 0.380 e. The fraction of sp³-hybridized carbons (Fsp3) is 0.310. The van der Waals surface area contributed by atoms with Gasteiger partial charge in [0.1, 0.15) is 0 Å². The Hall–Kier alpha value is -2.40. The second kappa shape index (κ2) is 8.80. The number of hydrogen-bond acceptors (Lipinski definition) is 4. The lowest BCUT2D eigenvalue weighted by Gasteiger charge is -2.49. The van der Waals surface area contributed by atoms with Crippen LogP contribution in [-0.2, 0) is 9.47 Å². The first-order valence-corrected chi connectivity index (χ1v) is 14.0. The molecule has 1 saturated carbocycles. The number of alkyl halides is 6. The van der Waals surface area contributed by atoms with Crippen molar-refractivity contribution in [3.8, 4) is 0 Å². The minimum absolute atomic E-state index is 0.0171. The summed E-state index contributed by atoms with van der Waals surface area (Å²) in [6.07, 6.45) is 2.57. The zero-order valence-corrected chi connectivity index (χ0v) is 22.4. The third kappa shape index (κ3) is 3.29. The standard InChI is InChI=1S/C29H22F6O2S2/c1-3-36-27-19(15-21(38-27)17-11-7-5-8-12-17)23-24(26(32,33)29(34,35)25(23,30)31)20-16-22(18-13-9-6-10-14-18)39-28(20,27)37-4-2/h5-16H,3-4H2,1-2H3. The van der Waals surface area contributed by atoms with Crippen molar-refractivity contribution < 1.29 is 35.8 Å². The van der Waals surface area contributed by atoms with E-state index in [9.17, 15) is 0 Å². The Balaban J connectivity index is 1.73. The molecule has 10 heteroatoms. The van der Waals surface area contributed by atoms with Crippen molar-refractivity contribution in [1.82, 2.24) is 0 Å². The van der Waals surface area contributed by atoms with E-state index >= 15 is 26.3 Å². The first-order chi connectivity index (χ1) is 18.5. The van der Waals surface area contributed by atoms with E-state index in [1.807, 2.05) is 0 Å². The topological polar surface area (TPSA) is 18.5 Å². The van der Waals surface area contributed by atoms with Gasteiger partial charge in [0, 0.05) is 45.3 Å². The lowest BCUT2D eigenvalue weighted by molar-refractivity contribution is -0.258. The van der Waals surface area contributed by atoms with Gasteiger partial charge in [-0.15, -0.1) is 0 Å². The van der Waals surface area contributed by atoms with Crippen molar-refractivity contribution >= 4 is 33.3 Å². The molecule has 2 aromatic carbocycles. The van der Waals surface area contributed by atoms with Crippen LogP contribution in [-0.4, -0.2) is 40.8 Å². The van der Waals surface area contributed by atoms with Crippen molar-refractivity contribution in [2.24, 2.45) is 0 Å². The van der Waals surface area contributed by atoms with E-state index in [2.05, 4.69) is 0 Å². The molecule has 2 aromatic rings. The van der Waals surface area contributed by atoms with Crippen molar-refractivity contribution in [3.05, 3.63) is 106 Å². The van der Waals surface area contributed by atoms with Crippen molar-refractivity contribution in [2.45, 2.75) is 41.5 Å². The fourth-order valence-corrected chi connectivity index (χ4v) is 8.86. The summed E-state index contributed by atoms with van der Waals surface area (Å²) < 4.78 is 105. The van der Waals surface area contributed by atoms with Crippen LogP contribution in [0.2, 0.25) is 0 Å². The molecule has 4 aliphatic rings. The minimum Gasteiger partial charge on any atom is -0.355 e. The van der Waals surface area contributed by atoms with Gasteiger partial charge in [-0.1, -0.05) is 84.2 Å². The molecule has 0 bridgehead atoms. The number of rotatable bonds is 6. The number of ether oxygens (including phenoxy) is 2. The second-order valence-corrected chi connectivity index (χ2v) is 11.8. The Morgan fingerprint density at radius 2 is 0.949 bits per heavy atom. The van der Waals surface area contributed by atoms with Crippen LogP contribution in [0.4, 0.5) is 26.3 Å². The summed E-state index contributed by atoms with van der Waals surface area (Å²) in [6, 6.07) is 17.4. The summed E-state index contributed by atoms with van der Waals surface area (Å²) in [5, 5.41) is 0. The number of thioether (sulfide) groups is 2. The maximum atomic E-state index is 15.6. The predicted molar refractivity (Wildman–Crippen MR) is 142 cm³/mol. The van der Waals surface area contributed by atoms with Crippen LogP contribution in [0.5, 0.6) is 0 Å². The highest BCUT2D eigenvalue weighted by Gasteiger charge is 2.85. The molecule has 0 spiro atoms. The van der Waals surface area contributed by atoms with E-state index in [0.29, 0.717) is 20.9 Å².